The van der Waals surface area contributed by atoms with Gasteiger partial charge in [0.05, 0.1) is 0 Å². The highest BCUT2D eigenvalue weighted by molar-refractivity contribution is 5.82. The van der Waals surface area contributed by atoms with Gasteiger partial charge in [0.2, 0.25) is 0 Å². The molecule has 1 nitrogen and oxygen atoms in total. The minimum Gasteiger partial charge on any atom is -0.299 e. The fourth-order valence-electron chi connectivity index (χ4n) is 2.17. The topological polar surface area (TPSA) is 17.1 Å². The molecule has 0 aliphatic heterocycles. The van der Waals surface area contributed by atoms with Gasteiger partial charge in [0.25, 0.3) is 0 Å². The maximum atomic E-state index is 12.0. The van der Waals surface area contributed by atoms with E-state index in [1.807, 2.05) is 0 Å². The molecule has 0 fully saturated rings. The molecule has 0 heterocycles. The van der Waals surface area contributed by atoms with Gasteiger partial charge >= 0.3 is 0 Å². The predicted octanol–water partition coefficient (Wildman–Crippen LogP) is 4.99. The van der Waals surface area contributed by atoms with Gasteiger partial charge in [-0.3, -0.25) is 4.79 Å². The average Bonchev–Trinajstić information content (AvgIpc) is 2.28. The standard InChI is InChI=1S/C15H30O/c1-5-7-9-11-13(3)15(16)14(4)12-10-8-6-2/h13-14H,5-12H2,1-4H3. The molecule has 0 N–H and O–H groups in total. The molecule has 0 spiro atoms. The summed E-state index contributed by atoms with van der Waals surface area (Å²) in [5.41, 5.74) is 0. The van der Waals surface area contributed by atoms with Crippen molar-refractivity contribution in [1.82, 2.24) is 0 Å². The second-order valence-electron chi connectivity index (χ2n) is 5.20. The first kappa shape index (κ1) is 15.7. The number of rotatable bonds is 10. The van der Waals surface area contributed by atoms with Crippen LogP contribution < -0.4 is 0 Å². The van der Waals surface area contributed by atoms with Crippen LogP contribution in [0.2, 0.25) is 0 Å². The second kappa shape index (κ2) is 9.86. The van der Waals surface area contributed by atoms with Gasteiger partial charge in [-0.05, 0) is 12.8 Å². The average molecular weight is 226 g/mol. The van der Waals surface area contributed by atoms with Crippen LogP contribution in [0.5, 0.6) is 0 Å². The first-order valence-corrected chi connectivity index (χ1v) is 7.17. The molecule has 0 aliphatic carbocycles. The molecular weight excluding hydrogens is 196 g/mol. The zero-order valence-corrected chi connectivity index (χ0v) is 11.7. The van der Waals surface area contributed by atoms with Gasteiger partial charge in [0, 0.05) is 11.8 Å². The van der Waals surface area contributed by atoms with E-state index in [-0.39, 0.29) is 11.8 Å². The molecule has 0 aromatic carbocycles. The van der Waals surface area contributed by atoms with Gasteiger partial charge in [-0.25, -0.2) is 0 Å². The van der Waals surface area contributed by atoms with E-state index < -0.39 is 0 Å². The Morgan fingerprint density at radius 1 is 0.812 bits per heavy atom. The molecule has 0 aromatic heterocycles. The van der Waals surface area contributed by atoms with Crippen LogP contribution in [0.25, 0.3) is 0 Å². The van der Waals surface area contributed by atoms with Gasteiger partial charge in [-0.2, -0.15) is 0 Å². The molecule has 0 rings (SSSR count). The second-order valence-corrected chi connectivity index (χ2v) is 5.20. The van der Waals surface area contributed by atoms with E-state index in [2.05, 4.69) is 27.7 Å². The lowest BCUT2D eigenvalue weighted by Gasteiger charge is -2.15. The summed E-state index contributed by atoms with van der Waals surface area (Å²) in [6.45, 7) is 8.63. The van der Waals surface area contributed by atoms with Crippen molar-refractivity contribution in [3.8, 4) is 0 Å². The number of hydrogen-bond acceptors (Lipinski definition) is 1. The third-order valence-corrected chi connectivity index (χ3v) is 3.45. The first-order chi connectivity index (χ1) is 7.63. The minimum absolute atomic E-state index is 0.281. The molecular formula is C15H30O. The summed E-state index contributed by atoms with van der Waals surface area (Å²) in [5, 5.41) is 0. The number of hydrogen-bond donors (Lipinski definition) is 0. The lowest BCUT2D eigenvalue weighted by Crippen LogP contribution is -2.19. The van der Waals surface area contributed by atoms with E-state index in [0.29, 0.717) is 5.78 Å². The van der Waals surface area contributed by atoms with Gasteiger partial charge in [0.1, 0.15) is 5.78 Å². The Labute approximate surface area is 102 Å². The van der Waals surface area contributed by atoms with Crippen molar-refractivity contribution < 1.29 is 4.79 Å². The zero-order valence-electron chi connectivity index (χ0n) is 11.7. The molecule has 0 bridgehead atoms. The van der Waals surface area contributed by atoms with E-state index >= 15 is 0 Å². The van der Waals surface area contributed by atoms with Gasteiger partial charge in [0.15, 0.2) is 0 Å². The highest BCUT2D eigenvalue weighted by Gasteiger charge is 2.18. The molecule has 0 saturated heterocycles. The van der Waals surface area contributed by atoms with E-state index in [9.17, 15) is 4.79 Å². The SMILES string of the molecule is CCCCCC(C)C(=O)C(C)CCCCC. The van der Waals surface area contributed by atoms with Crippen molar-refractivity contribution in [2.45, 2.75) is 79.1 Å². The maximum Gasteiger partial charge on any atom is 0.138 e. The lowest BCUT2D eigenvalue weighted by molar-refractivity contribution is -0.126. The first-order valence-electron chi connectivity index (χ1n) is 7.17. The summed E-state index contributed by atoms with van der Waals surface area (Å²) in [6.07, 6.45) is 9.62. The Kier molecular flexibility index (Phi) is 9.66. The minimum atomic E-state index is 0.281. The van der Waals surface area contributed by atoms with Gasteiger partial charge in [-0.15, -0.1) is 0 Å². The molecule has 0 saturated carbocycles. The van der Waals surface area contributed by atoms with Crippen LogP contribution in [0.3, 0.4) is 0 Å². The van der Waals surface area contributed by atoms with Crippen molar-refractivity contribution in [2.75, 3.05) is 0 Å². The zero-order chi connectivity index (χ0) is 12.4. The highest BCUT2D eigenvalue weighted by atomic mass is 16.1. The smallest absolute Gasteiger partial charge is 0.138 e. The molecule has 1 heteroatoms. The van der Waals surface area contributed by atoms with Gasteiger partial charge < -0.3 is 0 Å². The van der Waals surface area contributed by atoms with Crippen molar-refractivity contribution >= 4 is 5.78 Å². The van der Waals surface area contributed by atoms with Crippen LogP contribution in [0.1, 0.15) is 79.1 Å². The van der Waals surface area contributed by atoms with E-state index in [4.69, 9.17) is 0 Å². The molecule has 0 aromatic rings. The Bertz CT molecular complexity index is 156. The number of ketones is 1. The molecule has 0 amide bonds. The van der Waals surface area contributed by atoms with Gasteiger partial charge in [-0.1, -0.05) is 66.2 Å². The Hall–Kier alpha value is -0.330. The van der Waals surface area contributed by atoms with Crippen LogP contribution in [0.4, 0.5) is 0 Å². The van der Waals surface area contributed by atoms with Crippen LogP contribution in [0, 0.1) is 11.8 Å². The van der Waals surface area contributed by atoms with Crippen molar-refractivity contribution in [1.29, 1.82) is 0 Å². The fourth-order valence-corrected chi connectivity index (χ4v) is 2.17. The predicted molar refractivity (Wildman–Crippen MR) is 71.6 cm³/mol. The monoisotopic (exact) mass is 226 g/mol. The van der Waals surface area contributed by atoms with Crippen molar-refractivity contribution in [3.63, 3.8) is 0 Å². The van der Waals surface area contributed by atoms with Crippen molar-refractivity contribution in [3.05, 3.63) is 0 Å². The highest BCUT2D eigenvalue weighted by Crippen LogP contribution is 2.18. The summed E-state index contributed by atoms with van der Waals surface area (Å²) in [7, 11) is 0. The molecule has 0 radical (unpaired) electrons. The Morgan fingerprint density at radius 3 is 1.50 bits per heavy atom. The summed E-state index contributed by atoms with van der Waals surface area (Å²) in [4.78, 5) is 12.0. The Balaban J connectivity index is 3.73. The number of carbonyl (C=O) groups is 1. The van der Waals surface area contributed by atoms with E-state index in [1.165, 1.54) is 38.5 Å². The third-order valence-electron chi connectivity index (χ3n) is 3.45. The number of carbonyl (C=O) groups excluding carboxylic acids is 1. The van der Waals surface area contributed by atoms with Crippen molar-refractivity contribution in [2.24, 2.45) is 11.8 Å². The summed E-state index contributed by atoms with van der Waals surface area (Å²) in [5.74, 6) is 1.05. The normalized spacial score (nSPS) is 14.8. The molecule has 2 unspecified atom stereocenters. The van der Waals surface area contributed by atoms with Crippen LogP contribution >= 0.6 is 0 Å². The van der Waals surface area contributed by atoms with E-state index in [0.717, 1.165) is 12.8 Å². The maximum absolute atomic E-state index is 12.0. The van der Waals surface area contributed by atoms with Crippen LogP contribution in [-0.2, 0) is 4.79 Å². The summed E-state index contributed by atoms with van der Waals surface area (Å²) < 4.78 is 0. The number of Topliss-reactive ketones (excluding diaryl/α,β-unsaturated/α-hetero) is 1. The molecule has 2 atom stereocenters. The third kappa shape index (κ3) is 7.03. The quantitative estimate of drug-likeness (QED) is 0.480. The van der Waals surface area contributed by atoms with E-state index in [1.54, 1.807) is 0 Å². The molecule has 16 heavy (non-hydrogen) atoms. The van der Waals surface area contributed by atoms with Crippen LogP contribution in [0.15, 0.2) is 0 Å². The largest absolute Gasteiger partial charge is 0.299 e. The fraction of sp³-hybridized carbons (Fsp3) is 0.933. The lowest BCUT2D eigenvalue weighted by atomic mass is 9.88. The number of unbranched alkanes of at least 4 members (excludes halogenated alkanes) is 4. The molecule has 96 valence electrons. The summed E-state index contributed by atoms with van der Waals surface area (Å²) >= 11 is 0. The van der Waals surface area contributed by atoms with Crippen LogP contribution in [-0.4, -0.2) is 5.78 Å². The summed E-state index contributed by atoms with van der Waals surface area (Å²) in [6, 6.07) is 0. The Morgan fingerprint density at radius 2 is 1.19 bits per heavy atom. The molecule has 0 aliphatic rings.